The monoisotopic (exact) mass is 301 g/mol. The molecular weight excluding hydrogens is 278 g/mol. The van der Waals surface area contributed by atoms with Crippen molar-refractivity contribution in [3.05, 3.63) is 57.8 Å². The molecule has 1 heterocycles. The third-order valence-electron chi connectivity index (χ3n) is 3.57. The van der Waals surface area contributed by atoms with E-state index in [1.807, 2.05) is 24.4 Å². The van der Waals surface area contributed by atoms with Gasteiger partial charge in [0.15, 0.2) is 0 Å². The molecule has 1 unspecified atom stereocenters. The van der Waals surface area contributed by atoms with Gasteiger partial charge in [-0.15, -0.1) is 11.3 Å². The molecule has 0 radical (unpaired) electrons. The Morgan fingerprint density at radius 2 is 1.86 bits per heavy atom. The molecule has 0 saturated carbocycles. The fourth-order valence-electron chi connectivity index (χ4n) is 2.22. The number of amides is 1. The van der Waals surface area contributed by atoms with E-state index in [4.69, 9.17) is 0 Å². The zero-order chi connectivity index (χ0) is 15.5. The van der Waals surface area contributed by atoms with Gasteiger partial charge in [-0.3, -0.25) is 4.79 Å². The van der Waals surface area contributed by atoms with Crippen molar-refractivity contribution in [2.45, 2.75) is 45.6 Å². The van der Waals surface area contributed by atoms with Gasteiger partial charge in [0.1, 0.15) is 0 Å². The molecule has 2 rings (SSSR count). The molecule has 2 aromatic rings. The quantitative estimate of drug-likeness (QED) is 0.887. The number of carbonyl (C=O) groups excluding carboxylic acids is 1. The van der Waals surface area contributed by atoms with Gasteiger partial charge in [0, 0.05) is 4.88 Å². The van der Waals surface area contributed by atoms with Crippen molar-refractivity contribution in [1.29, 1.82) is 0 Å². The topological polar surface area (TPSA) is 29.1 Å². The van der Waals surface area contributed by atoms with Crippen LogP contribution in [0.25, 0.3) is 0 Å². The Labute approximate surface area is 131 Å². The maximum atomic E-state index is 12.0. The molecule has 0 aliphatic rings. The number of thiophene rings is 1. The minimum Gasteiger partial charge on any atom is -0.349 e. The molecule has 21 heavy (non-hydrogen) atoms. The first-order valence-corrected chi connectivity index (χ1v) is 8.16. The predicted molar refractivity (Wildman–Crippen MR) is 89.7 cm³/mol. The molecule has 2 nitrogen and oxygen atoms in total. The summed E-state index contributed by atoms with van der Waals surface area (Å²) in [5.74, 6) is 0.0739. The summed E-state index contributed by atoms with van der Waals surface area (Å²) >= 11 is 1.62. The highest BCUT2D eigenvalue weighted by Crippen LogP contribution is 2.24. The Morgan fingerprint density at radius 1 is 1.19 bits per heavy atom. The second kappa shape index (κ2) is 6.44. The fourth-order valence-corrected chi connectivity index (χ4v) is 2.92. The summed E-state index contributed by atoms with van der Waals surface area (Å²) in [6, 6.07) is 12.5. The second-order valence-electron chi connectivity index (χ2n) is 6.42. The summed E-state index contributed by atoms with van der Waals surface area (Å²) in [7, 11) is 0. The summed E-state index contributed by atoms with van der Waals surface area (Å²) in [6.07, 6.45) is 0.460. The molecule has 0 spiro atoms. The number of benzene rings is 1. The maximum absolute atomic E-state index is 12.0. The Bertz CT molecular complexity index is 579. The maximum Gasteiger partial charge on any atom is 0.225 e. The van der Waals surface area contributed by atoms with E-state index in [0.29, 0.717) is 6.42 Å². The van der Waals surface area contributed by atoms with Crippen molar-refractivity contribution in [3.8, 4) is 0 Å². The molecule has 0 bridgehead atoms. The highest BCUT2D eigenvalue weighted by atomic mass is 32.1. The minimum absolute atomic E-state index is 0.0338. The van der Waals surface area contributed by atoms with Crippen LogP contribution in [-0.4, -0.2) is 5.91 Å². The third-order valence-corrected chi connectivity index (χ3v) is 4.45. The van der Waals surface area contributed by atoms with Crippen LogP contribution in [0.15, 0.2) is 41.8 Å². The summed E-state index contributed by atoms with van der Waals surface area (Å²) in [5.41, 5.74) is 2.61. The van der Waals surface area contributed by atoms with Crippen molar-refractivity contribution in [2.75, 3.05) is 0 Å². The lowest BCUT2D eigenvalue weighted by atomic mass is 9.86. The van der Waals surface area contributed by atoms with E-state index in [1.165, 1.54) is 5.56 Å². The van der Waals surface area contributed by atoms with Crippen molar-refractivity contribution in [3.63, 3.8) is 0 Å². The Hall–Kier alpha value is -1.61. The zero-order valence-corrected chi connectivity index (χ0v) is 14.0. The van der Waals surface area contributed by atoms with Gasteiger partial charge in [0.05, 0.1) is 12.5 Å². The van der Waals surface area contributed by atoms with Crippen LogP contribution in [-0.2, 0) is 16.6 Å². The third kappa shape index (κ3) is 4.43. The van der Waals surface area contributed by atoms with Crippen molar-refractivity contribution in [1.82, 2.24) is 5.32 Å². The molecule has 112 valence electrons. The van der Waals surface area contributed by atoms with E-state index < -0.39 is 0 Å². The highest BCUT2D eigenvalue weighted by Gasteiger charge is 2.15. The fraction of sp³-hybridized carbons (Fsp3) is 0.389. The van der Waals surface area contributed by atoms with Gasteiger partial charge in [0.2, 0.25) is 5.91 Å². The Balaban J connectivity index is 1.96. The molecular formula is C18H23NOS. The largest absolute Gasteiger partial charge is 0.349 e. The number of rotatable bonds is 4. The lowest BCUT2D eigenvalue weighted by Gasteiger charge is -2.20. The Morgan fingerprint density at radius 3 is 2.38 bits per heavy atom. The van der Waals surface area contributed by atoms with Gasteiger partial charge >= 0.3 is 0 Å². The zero-order valence-electron chi connectivity index (χ0n) is 13.1. The molecule has 1 amide bonds. The minimum atomic E-state index is 0.0338. The summed E-state index contributed by atoms with van der Waals surface area (Å²) < 4.78 is 0. The van der Waals surface area contributed by atoms with Gasteiger partial charge in [-0.05, 0) is 34.9 Å². The number of carbonyl (C=O) groups is 1. The molecule has 0 saturated heterocycles. The standard InChI is InChI=1S/C18H23NOS/c1-13(19-17(20)12-16-6-5-11-21-16)14-7-9-15(10-8-14)18(2,3)4/h5-11,13H,12H2,1-4H3,(H,19,20). The van der Waals surface area contributed by atoms with Crippen molar-refractivity contribution < 1.29 is 4.79 Å². The number of hydrogen-bond acceptors (Lipinski definition) is 2. The first-order chi connectivity index (χ1) is 9.86. The first-order valence-electron chi connectivity index (χ1n) is 7.28. The van der Waals surface area contributed by atoms with Crippen LogP contribution < -0.4 is 5.32 Å². The second-order valence-corrected chi connectivity index (χ2v) is 7.45. The van der Waals surface area contributed by atoms with Gasteiger partial charge in [-0.1, -0.05) is 51.1 Å². The predicted octanol–water partition coefficient (Wildman–Crippen LogP) is 4.47. The van der Waals surface area contributed by atoms with Crippen molar-refractivity contribution >= 4 is 17.2 Å². The van der Waals surface area contributed by atoms with Crippen LogP contribution in [0, 0.1) is 0 Å². The summed E-state index contributed by atoms with van der Waals surface area (Å²) in [6.45, 7) is 8.63. The van der Waals surface area contributed by atoms with E-state index >= 15 is 0 Å². The summed E-state index contributed by atoms with van der Waals surface area (Å²) in [4.78, 5) is 13.1. The average Bonchev–Trinajstić information content (AvgIpc) is 2.90. The molecule has 0 aliphatic carbocycles. The molecule has 3 heteroatoms. The average molecular weight is 301 g/mol. The van der Waals surface area contributed by atoms with Gasteiger partial charge in [-0.25, -0.2) is 0 Å². The molecule has 1 atom stereocenters. The van der Waals surface area contributed by atoms with Crippen LogP contribution in [0.4, 0.5) is 0 Å². The van der Waals surface area contributed by atoms with Crippen LogP contribution in [0.3, 0.4) is 0 Å². The highest BCUT2D eigenvalue weighted by molar-refractivity contribution is 7.10. The van der Waals surface area contributed by atoms with Crippen LogP contribution in [0.2, 0.25) is 0 Å². The van der Waals surface area contributed by atoms with Crippen LogP contribution in [0.1, 0.15) is 49.7 Å². The lowest BCUT2D eigenvalue weighted by molar-refractivity contribution is -0.121. The van der Waals surface area contributed by atoms with E-state index in [2.05, 4.69) is 50.4 Å². The SMILES string of the molecule is CC(NC(=O)Cc1cccs1)c1ccc(C(C)(C)C)cc1. The first kappa shape index (κ1) is 15.8. The molecule has 0 aliphatic heterocycles. The smallest absolute Gasteiger partial charge is 0.225 e. The summed E-state index contributed by atoms with van der Waals surface area (Å²) in [5, 5.41) is 5.06. The molecule has 0 fully saturated rings. The van der Waals surface area contributed by atoms with E-state index in [1.54, 1.807) is 11.3 Å². The van der Waals surface area contributed by atoms with E-state index in [0.717, 1.165) is 10.4 Å². The number of nitrogens with one attached hydrogen (secondary N) is 1. The van der Waals surface area contributed by atoms with E-state index in [-0.39, 0.29) is 17.4 Å². The molecule has 1 aromatic heterocycles. The van der Waals surface area contributed by atoms with Crippen molar-refractivity contribution in [2.24, 2.45) is 0 Å². The van der Waals surface area contributed by atoms with Gasteiger partial charge in [0.25, 0.3) is 0 Å². The van der Waals surface area contributed by atoms with Crippen LogP contribution >= 0.6 is 11.3 Å². The lowest BCUT2D eigenvalue weighted by Crippen LogP contribution is -2.27. The van der Waals surface area contributed by atoms with Gasteiger partial charge < -0.3 is 5.32 Å². The molecule has 1 N–H and O–H groups in total. The normalized spacial score (nSPS) is 13.0. The molecule has 1 aromatic carbocycles. The van der Waals surface area contributed by atoms with Crippen LogP contribution in [0.5, 0.6) is 0 Å². The number of hydrogen-bond donors (Lipinski definition) is 1. The van der Waals surface area contributed by atoms with Gasteiger partial charge in [-0.2, -0.15) is 0 Å². The van der Waals surface area contributed by atoms with E-state index in [9.17, 15) is 4.79 Å². The Kier molecular flexibility index (Phi) is 4.84.